The number of nitrogens with one attached hydrogen (secondary N) is 1. The molecule has 0 radical (unpaired) electrons. The third kappa shape index (κ3) is 4.43. The summed E-state index contributed by atoms with van der Waals surface area (Å²) in [5.74, 6) is -1.40. The quantitative estimate of drug-likeness (QED) is 0.689. The third-order valence-electron chi connectivity index (χ3n) is 4.73. The van der Waals surface area contributed by atoms with Gasteiger partial charge < -0.3 is 5.32 Å². The first-order valence-electron chi connectivity index (χ1n) is 9.05. The Hall–Kier alpha value is -3.38. The predicted molar refractivity (Wildman–Crippen MR) is 107 cm³/mol. The molecule has 0 saturated heterocycles. The van der Waals surface area contributed by atoms with Crippen LogP contribution in [-0.2, 0) is 4.79 Å². The van der Waals surface area contributed by atoms with E-state index in [-0.39, 0.29) is 17.9 Å². The fourth-order valence-corrected chi connectivity index (χ4v) is 3.31. The van der Waals surface area contributed by atoms with Crippen LogP contribution >= 0.6 is 0 Å². The van der Waals surface area contributed by atoms with Crippen LogP contribution < -0.4 is 5.32 Å². The van der Waals surface area contributed by atoms with Gasteiger partial charge in [0.2, 0.25) is 5.91 Å². The third-order valence-corrected chi connectivity index (χ3v) is 4.73. The van der Waals surface area contributed by atoms with Gasteiger partial charge in [0.1, 0.15) is 5.92 Å². The topological polar surface area (TPSA) is 52.9 Å². The van der Waals surface area contributed by atoms with E-state index in [0.29, 0.717) is 0 Å². The van der Waals surface area contributed by atoms with Crippen LogP contribution in [0.1, 0.15) is 35.6 Å². The summed E-state index contributed by atoms with van der Waals surface area (Å²) in [5.41, 5.74) is 2.93. The molecule has 3 aromatic rings. The highest BCUT2D eigenvalue weighted by Gasteiger charge is 2.31. The van der Waals surface area contributed by atoms with Crippen molar-refractivity contribution in [2.75, 3.05) is 0 Å². The van der Waals surface area contributed by atoms with Gasteiger partial charge in [0.15, 0.2) is 0 Å². The van der Waals surface area contributed by atoms with Crippen LogP contribution in [-0.4, -0.2) is 5.91 Å². The van der Waals surface area contributed by atoms with Crippen molar-refractivity contribution in [2.24, 2.45) is 5.92 Å². The largest absolute Gasteiger partial charge is 0.348 e. The smallest absolute Gasteiger partial charge is 0.238 e. The second kappa shape index (κ2) is 8.82. The average molecular weight is 354 g/mol. The zero-order valence-electron chi connectivity index (χ0n) is 15.2. The van der Waals surface area contributed by atoms with Crippen molar-refractivity contribution in [2.45, 2.75) is 18.9 Å². The maximum atomic E-state index is 13.0. The zero-order valence-corrected chi connectivity index (χ0v) is 15.2. The van der Waals surface area contributed by atoms with Gasteiger partial charge in [-0.2, -0.15) is 5.26 Å². The number of amides is 1. The van der Waals surface area contributed by atoms with Crippen molar-refractivity contribution in [3.8, 4) is 6.07 Å². The fourth-order valence-electron chi connectivity index (χ4n) is 3.31. The molecule has 3 nitrogen and oxygen atoms in total. The van der Waals surface area contributed by atoms with E-state index in [4.69, 9.17) is 0 Å². The number of rotatable bonds is 6. The summed E-state index contributed by atoms with van der Waals surface area (Å²) in [4.78, 5) is 13.0. The molecule has 1 N–H and O–H groups in total. The summed E-state index contributed by atoms with van der Waals surface area (Å²) in [6.45, 7) is 1.93. The van der Waals surface area contributed by atoms with Crippen molar-refractivity contribution in [3.05, 3.63) is 108 Å². The SMILES string of the molecule is CC(NC(=O)C(C#N)C(c1ccccc1)c1ccccc1)c1ccccc1. The molecule has 27 heavy (non-hydrogen) atoms. The molecule has 134 valence electrons. The van der Waals surface area contributed by atoms with E-state index < -0.39 is 5.92 Å². The molecule has 2 atom stereocenters. The van der Waals surface area contributed by atoms with Crippen molar-refractivity contribution in [3.63, 3.8) is 0 Å². The molecule has 0 aromatic heterocycles. The Kier molecular flexibility index (Phi) is 6.02. The molecular weight excluding hydrogens is 332 g/mol. The summed E-state index contributed by atoms with van der Waals surface area (Å²) in [6, 6.07) is 31.3. The maximum absolute atomic E-state index is 13.0. The van der Waals surface area contributed by atoms with Gasteiger partial charge >= 0.3 is 0 Å². The molecule has 0 aliphatic heterocycles. The van der Waals surface area contributed by atoms with Gasteiger partial charge in [0, 0.05) is 5.92 Å². The molecule has 0 heterocycles. The minimum absolute atomic E-state index is 0.165. The number of nitriles is 1. The lowest BCUT2D eigenvalue weighted by molar-refractivity contribution is -0.124. The highest BCUT2D eigenvalue weighted by molar-refractivity contribution is 5.83. The molecular formula is C24H22N2O. The van der Waals surface area contributed by atoms with Crippen LogP contribution in [0.3, 0.4) is 0 Å². The number of carbonyl (C=O) groups is 1. The molecule has 3 heteroatoms. The van der Waals surface area contributed by atoms with Crippen molar-refractivity contribution < 1.29 is 4.79 Å². The van der Waals surface area contributed by atoms with Crippen LogP contribution in [0.5, 0.6) is 0 Å². The molecule has 3 rings (SSSR count). The molecule has 0 bridgehead atoms. The van der Waals surface area contributed by atoms with E-state index in [2.05, 4.69) is 11.4 Å². The Morgan fingerprint density at radius 1 is 0.778 bits per heavy atom. The van der Waals surface area contributed by atoms with Gasteiger partial charge in [-0.25, -0.2) is 0 Å². The summed E-state index contributed by atoms with van der Waals surface area (Å²) in [6.07, 6.45) is 0. The van der Waals surface area contributed by atoms with Gasteiger partial charge in [-0.15, -0.1) is 0 Å². The van der Waals surface area contributed by atoms with Crippen molar-refractivity contribution >= 4 is 5.91 Å². The van der Waals surface area contributed by atoms with Gasteiger partial charge in [-0.3, -0.25) is 4.79 Å². The highest BCUT2D eigenvalue weighted by Crippen LogP contribution is 2.32. The Morgan fingerprint density at radius 3 is 1.59 bits per heavy atom. The molecule has 0 aliphatic rings. The molecule has 0 saturated carbocycles. The maximum Gasteiger partial charge on any atom is 0.238 e. The lowest BCUT2D eigenvalue weighted by atomic mass is 9.80. The minimum atomic E-state index is -0.819. The van der Waals surface area contributed by atoms with Gasteiger partial charge in [0.25, 0.3) is 0 Å². The lowest BCUT2D eigenvalue weighted by Crippen LogP contribution is -2.35. The number of nitrogens with zero attached hydrogens (tertiary/aromatic N) is 1. The Bertz CT molecular complexity index is 862. The van der Waals surface area contributed by atoms with Crippen molar-refractivity contribution in [1.29, 1.82) is 5.26 Å². The first kappa shape index (κ1) is 18.4. The average Bonchev–Trinajstić information content (AvgIpc) is 2.73. The first-order valence-corrected chi connectivity index (χ1v) is 9.05. The Morgan fingerprint density at radius 2 is 1.19 bits per heavy atom. The predicted octanol–water partition coefficient (Wildman–Crippen LogP) is 4.84. The van der Waals surface area contributed by atoms with Crippen LogP contribution in [0.4, 0.5) is 0 Å². The van der Waals surface area contributed by atoms with Gasteiger partial charge in [-0.05, 0) is 23.6 Å². The van der Waals surface area contributed by atoms with E-state index in [9.17, 15) is 10.1 Å². The van der Waals surface area contributed by atoms with E-state index in [1.165, 1.54) is 0 Å². The molecule has 3 aromatic carbocycles. The normalized spacial score (nSPS) is 12.8. The van der Waals surface area contributed by atoms with E-state index >= 15 is 0 Å². The van der Waals surface area contributed by atoms with Crippen molar-refractivity contribution in [1.82, 2.24) is 5.32 Å². The van der Waals surface area contributed by atoms with Crippen LogP contribution in [0.2, 0.25) is 0 Å². The standard InChI is InChI=1S/C24H22N2O/c1-18(19-11-5-2-6-12-19)26-24(27)22(17-25)23(20-13-7-3-8-14-20)21-15-9-4-10-16-21/h2-16,18,22-23H,1H3,(H,26,27). The summed E-state index contributed by atoms with van der Waals surface area (Å²) in [5, 5.41) is 12.9. The van der Waals surface area contributed by atoms with E-state index in [1.807, 2.05) is 97.9 Å². The summed E-state index contributed by atoms with van der Waals surface area (Å²) < 4.78 is 0. The monoisotopic (exact) mass is 354 g/mol. The molecule has 0 spiro atoms. The van der Waals surface area contributed by atoms with Crippen LogP contribution in [0.15, 0.2) is 91.0 Å². The molecule has 0 aliphatic carbocycles. The molecule has 0 fully saturated rings. The van der Waals surface area contributed by atoms with E-state index in [1.54, 1.807) is 0 Å². The number of benzene rings is 3. The van der Waals surface area contributed by atoms with E-state index in [0.717, 1.165) is 16.7 Å². The zero-order chi connectivity index (χ0) is 19.1. The number of carbonyl (C=O) groups excluding carboxylic acids is 1. The second-order valence-electron chi connectivity index (χ2n) is 6.55. The molecule has 1 amide bonds. The minimum Gasteiger partial charge on any atom is -0.348 e. The number of hydrogen-bond acceptors (Lipinski definition) is 2. The highest BCUT2D eigenvalue weighted by atomic mass is 16.1. The van der Waals surface area contributed by atoms with Crippen LogP contribution in [0.25, 0.3) is 0 Å². The van der Waals surface area contributed by atoms with Gasteiger partial charge in [-0.1, -0.05) is 91.0 Å². The summed E-state index contributed by atoms with van der Waals surface area (Å²) >= 11 is 0. The Balaban J connectivity index is 1.90. The van der Waals surface area contributed by atoms with Crippen LogP contribution in [0, 0.1) is 17.2 Å². The lowest BCUT2D eigenvalue weighted by Gasteiger charge is -2.24. The molecule has 2 unspecified atom stereocenters. The number of hydrogen-bond donors (Lipinski definition) is 1. The summed E-state index contributed by atoms with van der Waals surface area (Å²) in [7, 11) is 0. The Labute approximate surface area is 160 Å². The van der Waals surface area contributed by atoms with Gasteiger partial charge in [0.05, 0.1) is 12.1 Å². The fraction of sp³-hybridized carbons (Fsp3) is 0.167. The first-order chi connectivity index (χ1) is 13.2. The second-order valence-corrected chi connectivity index (χ2v) is 6.55.